The van der Waals surface area contributed by atoms with Crippen LogP contribution >= 0.6 is 0 Å². The molecule has 0 saturated heterocycles. The Kier molecular flexibility index (Phi) is 8.48. The van der Waals surface area contributed by atoms with Crippen LogP contribution in [0.4, 0.5) is 17.1 Å². The molecule has 0 saturated carbocycles. The van der Waals surface area contributed by atoms with E-state index >= 15 is 0 Å². The van der Waals surface area contributed by atoms with E-state index in [-0.39, 0.29) is 29.7 Å². The van der Waals surface area contributed by atoms with E-state index in [0.717, 1.165) is 28.2 Å². The standard InChI is InChI=1S/C68H47N/c1-6-20-48(21-7-1)49-34-36-50(37-35-49)51-38-40-56(41-39-51)69(57-42-44-61-59-30-16-18-32-63(59)67(65(61)46-57,52-22-8-2-9-23-52)53-24-10-3-11-25-53)58-43-45-62-60-31-17-19-33-64(60)68(66(62)47-58,54-26-12-4-13-27-54)55-28-14-5-15-29-55/h1-47H/i1D,6D,7D,20D,21D. The summed E-state index contributed by atoms with van der Waals surface area (Å²) in [6.07, 6.45) is 0. The van der Waals surface area contributed by atoms with Crippen LogP contribution in [0.5, 0.6) is 0 Å². The summed E-state index contributed by atoms with van der Waals surface area (Å²) in [5.41, 5.74) is 19.1. The van der Waals surface area contributed by atoms with Gasteiger partial charge in [-0.1, -0.05) is 249 Å². The molecule has 0 atom stereocenters. The molecule has 11 aromatic rings. The van der Waals surface area contributed by atoms with Gasteiger partial charge in [-0.15, -0.1) is 0 Å². The number of anilines is 3. The van der Waals surface area contributed by atoms with E-state index in [9.17, 15) is 0 Å². The van der Waals surface area contributed by atoms with Crippen LogP contribution in [-0.2, 0) is 10.8 Å². The molecule has 0 aliphatic heterocycles. The molecule has 11 aromatic carbocycles. The quantitative estimate of drug-likeness (QED) is 0.140. The highest BCUT2D eigenvalue weighted by Crippen LogP contribution is 2.59. The zero-order valence-electron chi connectivity index (χ0n) is 42.7. The van der Waals surface area contributed by atoms with Gasteiger partial charge in [0.1, 0.15) is 0 Å². The number of hydrogen-bond donors (Lipinski definition) is 0. The fourth-order valence-corrected chi connectivity index (χ4v) is 11.6. The lowest BCUT2D eigenvalue weighted by Gasteiger charge is -2.36. The van der Waals surface area contributed by atoms with E-state index in [2.05, 4.69) is 235 Å². The van der Waals surface area contributed by atoms with Crippen molar-refractivity contribution in [2.45, 2.75) is 10.8 Å². The molecule has 69 heavy (non-hydrogen) atoms. The smallest absolute Gasteiger partial charge is 0.0714 e. The lowest BCUT2D eigenvalue weighted by Crippen LogP contribution is -2.29. The van der Waals surface area contributed by atoms with Crippen LogP contribution in [0.25, 0.3) is 44.5 Å². The molecule has 13 rings (SSSR count). The Morgan fingerprint density at radius 3 is 0.986 bits per heavy atom. The van der Waals surface area contributed by atoms with Crippen LogP contribution in [0.15, 0.2) is 285 Å². The van der Waals surface area contributed by atoms with Crippen molar-refractivity contribution in [1.29, 1.82) is 0 Å². The van der Waals surface area contributed by atoms with Gasteiger partial charge in [0, 0.05) is 17.1 Å². The summed E-state index contributed by atoms with van der Waals surface area (Å²) in [5, 5.41) is 0. The summed E-state index contributed by atoms with van der Waals surface area (Å²) in [6.45, 7) is 0. The second-order valence-corrected chi connectivity index (χ2v) is 18.0. The average Bonchev–Trinajstić information content (AvgIpc) is 3.96. The fourth-order valence-electron chi connectivity index (χ4n) is 11.6. The second kappa shape index (κ2) is 16.5. The first-order valence-corrected chi connectivity index (χ1v) is 23.6. The number of hydrogen-bond acceptors (Lipinski definition) is 1. The Bertz CT molecular complexity index is 3640. The number of nitrogens with zero attached hydrogens (tertiary/aromatic N) is 1. The molecule has 0 heterocycles. The first kappa shape index (κ1) is 35.4. The number of benzene rings is 11. The number of rotatable bonds is 9. The minimum Gasteiger partial charge on any atom is -0.310 e. The van der Waals surface area contributed by atoms with Gasteiger partial charge >= 0.3 is 0 Å². The topological polar surface area (TPSA) is 3.24 Å². The summed E-state index contributed by atoms with van der Waals surface area (Å²) < 4.78 is 41.8. The van der Waals surface area contributed by atoms with Gasteiger partial charge in [-0.3, -0.25) is 0 Å². The van der Waals surface area contributed by atoms with E-state index in [1.807, 2.05) is 24.3 Å². The van der Waals surface area contributed by atoms with Gasteiger partial charge in [0.2, 0.25) is 0 Å². The molecule has 1 heteroatoms. The fraction of sp³-hybridized carbons (Fsp3) is 0.0294. The SMILES string of the molecule is [2H]c1c([2H])c([2H])c(-c2ccc(-c3ccc(N(c4ccc5c(c4)C(c4ccccc4)(c4ccccc4)c4ccccc4-5)c4ccc5c(c4)C(c4ccccc4)(c4ccccc4)c4ccccc4-5)cc3)cc2)c([2H])c1[2H]. The van der Waals surface area contributed by atoms with E-state index in [1.165, 1.54) is 66.8 Å². The average molecular weight is 883 g/mol. The van der Waals surface area contributed by atoms with Crippen molar-refractivity contribution in [2.75, 3.05) is 4.90 Å². The highest BCUT2D eigenvalue weighted by molar-refractivity contribution is 5.92. The van der Waals surface area contributed by atoms with Crippen molar-refractivity contribution in [3.05, 3.63) is 330 Å². The molecular formula is C68H47N. The van der Waals surface area contributed by atoms with E-state index in [1.54, 1.807) is 0 Å². The van der Waals surface area contributed by atoms with Gasteiger partial charge in [0.05, 0.1) is 17.7 Å². The van der Waals surface area contributed by atoms with Gasteiger partial charge < -0.3 is 4.90 Å². The van der Waals surface area contributed by atoms with Gasteiger partial charge in [0.25, 0.3) is 0 Å². The molecule has 324 valence electrons. The molecule has 0 spiro atoms. The van der Waals surface area contributed by atoms with Crippen LogP contribution in [0, 0.1) is 0 Å². The minimum atomic E-state index is -0.601. The summed E-state index contributed by atoms with van der Waals surface area (Å²) in [4.78, 5) is 2.40. The monoisotopic (exact) mass is 882 g/mol. The van der Waals surface area contributed by atoms with Gasteiger partial charge in [-0.05, 0) is 125 Å². The van der Waals surface area contributed by atoms with Gasteiger partial charge in [-0.2, -0.15) is 0 Å². The maximum Gasteiger partial charge on any atom is 0.0714 e. The van der Waals surface area contributed by atoms with E-state index < -0.39 is 16.9 Å². The van der Waals surface area contributed by atoms with E-state index in [4.69, 9.17) is 6.85 Å². The molecule has 0 fully saturated rings. The van der Waals surface area contributed by atoms with Crippen LogP contribution in [-0.4, -0.2) is 0 Å². The molecule has 2 aliphatic rings. The number of fused-ring (bicyclic) bond motifs is 6. The molecule has 0 bridgehead atoms. The Labute approximate surface area is 412 Å². The zero-order valence-corrected chi connectivity index (χ0v) is 37.7. The lowest BCUT2D eigenvalue weighted by atomic mass is 9.67. The Morgan fingerprint density at radius 1 is 0.261 bits per heavy atom. The molecule has 0 amide bonds. The van der Waals surface area contributed by atoms with Gasteiger partial charge in [0.15, 0.2) is 0 Å². The van der Waals surface area contributed by atoms with Crippen molar-refractivity contribution in [2.24, 2.45) is 0 Å². The Morgan fingerprint density at radius 2 is 0.580 bits per heavy atom. The van der Waals surface area contributed by atoms with Crippen LogP contribution in [0.2, 0.25) is 0 Å². The van der Waals surface area contributed by atoms with Crippen LogP contribution in [0.1, 0.15) is 51.4 Å². The predicted octanol–water partition coefficient (Wildman–Crippen LogP) is 17.2. The summed E-state index contributed by atoms with van der Waals surface area (Å²) in [7, 11) is 0. The maximum absolute atomic E-state index is 8.59. The van der Waals surface area contributed by atoms with Crippen molar-refractivity contribution < 1.29 is 6.85 Å². The van der Waals surface area contributed by atoms with Crippen LogP contribution in [0.3, 0.4) is 0 Å². The Balaban J connectivity index is 1.02. The Hall–Kier alpha value is -8.78. The molecule has 0 radical (unpaired) electrons. The summed E-state index contributed by atoms with van der Waals surface area (Å²) >= 11 is 0. The molecule has 1 nitrogen and oxygen atoms in total. The largest absolute Gasteiger partial charge is 0.310 e. The molecule has 0 N–H and O–H groups in total. The summed E-state index contributed by atoms with van der Waals surface area (Å²) in [6, 6.07) is 90.2. The normalized spacial score (nSPS) is 14.5. The summed E-state index contributed by atoms with van der Waals surface area (Å²) in [5.74, 6) is 0. The third-order valence-electron chi connectivity index (χ3n) is 14.5. The van der Waals surface area contributed by atoms with Crippen molar-refractivity contribution in [3.63, 3.8) is 0 Å². The molecular weight excluding hydrogens is 831 g/mol. The predicted molar refractivity (Wildman–Crippen MR) is 287 cm³/mol. The van der Waals surface area contributed by atoms with Crippen molar-refractivity contribution >= 4 is 17.1 Å². The van der Waals surface area contributed by atoms with Crippen molar-refractivity contribution in [1.82, 2.24) is 0 Å². The third kappa shape index (κ3) is 6.32. The molecule has 0 aromatic heterocycles. The highest BCUT2D eigenvalue weighted by atomic mass is 15.1. The van der Waals surface area contributed by atoms with Crippen molar-refractivity contribution in [3.8, 4) is 44.5 Å². The van der Waals surface area contributed by atoms with E-state index in [0.29, 0.717) is 5.56 Å². The van der Waals surface area contributed by atoms with Crippen LogP contribution < -0.4 is 4.90 Å². The highest BCUT2D eigenvalue weighted by Gasteiger charge is 2.48. The zero-order chi connectivity index (χ0) is 50.1. The first-order chi connectivity index (χ1) is 36.3. The third-order valence-corrected chi connectivity index (χ3v) is 14.5. The second-order valence-electron chi connectivity index (χ2n) is 18.0. The minimum absolute atomic E-state index is 0.190. The maximum atomic E-state index is 8.59. The van der Waals surface area contributed by atoms with Gasteiger partial charge in [-0.25, -0.2) is 0 Å². The molecule has 0 unspecified atom stereocenters. The lowest BCUT2D eigenvalue weighted by molar-refractivity contribution is 0.767. The first-order valence-electron chi connectivity index (χ1n) is 26.1. The molecule has 2 aliphatic carbocycles.